The molecule has 0 aliphatic rings. The fraction of sp³-hybridized carbons (Fsp3) is 0.400. The molecule has 0 fully saturated rings. The van der Waals surface area contributed by atoms with Crippen LogP contribution in [-0.2, 0) is 16.6 Å². The van der Waals surface area contributed by atoms with Crippen molar-refractivity contribution < 1.29 is 19.4 Å². The van der Waals surface area contributed by atoms with Crippen molar-refractivity contribution in [2.45, 2.75) is 78.1 Å². The first kappa shape index (κ1) is 32.0. The zero-order valence-corrected chi connectivity index (χ0v) is 26.3. The van der Waals surface area contributed by atoms with Crippen molar-refractivity contribution in [3.8, 4) is 28.3 Å². The molecule has 2 aromatic carbocycles. The molecule has 1 N–H and O–H groups in total. The molecule has 2 aromatic heterocycles. The molecular formula is C35H41N3O4S. The highest BCUT2D eigenvalue weighted by Gasteiger charge is 2.26. The molecule has 0 amide bonds. The lowest BCUT2D eigenvalue weighted by atomic mass is 9.94. The Hall–Kier alpha value is -3.91. The summed E-state index contributed by atoms with van der Waals surface area (Å²) in [5.41, 5.74) is 3.48. The van der Waals surface area contributed by atoms with Crippen LogP contribution in [0.2, 0.25) is 0 Å². The van der Waals surface area contributed by atoms with Crippen LogP contribution in [0.4, 0.5) is 0 Å². The Labute approximate surface area is 258 Å². The van der Waals surface area contributed by atoms with Gasteiger partial charge in [-0.1, -0.05) is 89.8 Å². The van der Waals surface area contributed by atoms with Crippen LogP contribution in [0.5, 0.6) is 5.75 Å². The maximum Gasteiger partial charge on any atom is 0.307 e. The molecule has 43 heavy (non-hydrogen) atoms. The average molecular weight is 600 g/mol. The summed E-state index contributed by atoms with van der Waals surface area (Å²) in [6, 6.07) is 15.5. The number of carbonyl (C=O) groups excluding carboxylic acids is 1. The van der Waals surface area contributed by atoms with Crippen molar-refractivity contribution in [2.75, 3.05) is 6.61 Å². The Balaban J connectivity index is 1.32. The largest absolute Gasteiger partial charge is 0.494 e. The quantitative estimate of drug-likeness (QED) is 0.108. The summed E-state index contributed by atoms with van der Waals surface area (Å²) >= 11 is 1.34. The van der Waals surface area contributed by atoms with Gasteiger partial charge in [0.15, 0.2) is 16.6 Å². The molecule has 7 nitrogen and oxygen atoms in total. The van der Waals surface area contributed by atoms with E-state index in [0.717, 1.165) is 45.9 Å². The molecule has 4 rings (SSSR count). The van der Waals surface area contributed by atoms with Gasteiger partial charge in [-0.25, -0.2) is 15.0 Å². The summed E-state index contributed by atoms with van der Waals surface area (Å²) in [7, 11) is 0. The van der Waals surface area contributed by atoms with E-state index in [1.165, 1.54) is 37.0 Å². The van der Waals surface area contributed by atoms with E-state index in [-0.39, 0.29) is 24.0 Å². The van der Waals surface area contributed by atoms with E-state index in [2.05, 4.69) is 42.6 Å². The van der Waals surface area contributed by atoms with Gasteiger partial charge in [0.1, 0.15) is 5.75 Å². The van der Waals surface area contributed by atoms with E-state index >= 15 is 0 Å². The maximum atomic E-state index is 12.8. The maximum absolute atomic E-state index is 12.8. The first-order valence-electron chi connectivity index (χ1n) is 15.0. The molecule has 0 unspecified atom stereocenters. The van der Waals surface area contributed by atoms with Crippen LogP contribution in [-0.4, -0.2) is 38.4 Å². The lowest BCUT2D eigenvalue weighted by molar-refractivity contribution is -0.141. The van der Waals surface area contributed by atoms with Crippen LogP contribution >= 0.6 is 11.3 Å². The molecule has 0 aliphatic heterocycles. The molecule has 0 saturated carbocycles. The Morgan fingerprint density at radius 3 is 2.09 bits per heavy atom. The van der Waals surface area contributed by atoms with Crippen molar-refractivity contribution in [2.24, 2.45) is 5.92 Å². The highest BCUT2D eigenvalue weighted by atomic mass is 32.1. The van der Waals surface area contributed by atoms with Gasteiger partial charge in [-0.15, -0.1) is 11.3 Å². The first-order valence-corrected chi connectivity index (χ1v) is 15.8. The minimum Gasteiger partial charge on any atom is -0.494 e. The summed E-state index contributed by atoms with van der Waals surface area (Å²) < 4.78 is 5.87. The number of carbonyl (C=O) groups is 2. The van der Waals surface area contributed by atoms with E-state index in [0.29, 0.717) is 10.8 Å². The molecule has 0 saturated heterocycles. The summed E-state index contributed by atoms with van der Waals surface area (Å²) in [6.45, 7) is 9.13. The number of Topliss-reactive ketones (excluding diaryl/α,β-unsaturated/α-hetero) is 1. The van der Waals surface area contributed by atoms with Gasteiger partial charge >= 0.3 is 5.97 Å². The normalized spacial score (nSPS) is 12.2. The van der Waals surface area contributed by atoms with Crippen LogP contribution in [0, 0.1) is 5.92 Å². The van der Waals surface area contributed by atoms with Gasteiger partial charge in [-0.05, 0) is 41.5 Å². The number of carboxylic acid groups (broad SMARTS) is 1. The van der Waals surface area contributed by atoms with E-state index in [1.807, 2.05) is 48.5 Å². The van der Waals surface area contributed by atoms with Gasteiger partial charge in [0.2, 0.25) is 0 Å². The molecule has 1 atom stereocenters. The van der Waals surface area contributed by atoms with E-state index in [1.54, 1.807) is 18.6 Å². The second kappa shape index (κ2) is 15.0. The Bertz CT molecular complexity index is 1470. The topological polar surface area (TPSA) is 102 Å². The SMILES string of the molecule is CCCCCCCOc1ccc(-c2cnc(-c3ccc(C[C@H](CC(=O)c4ncc(C(C)(C)C)s4)C(=O)O)cc3)nc2)cc1. The zero-order chi connectivity index (χ0) is 30.8. The number of hydrogen-bond acceptors (Lipinski definition) is 7. The number of unbranched alkanes of at least 4 members (excludes halogenated alkanes) is 4. The molecule has 0 aliphatic carbocycles. The van der Waals surface area contributed by atoms with Crippen molar-refractivity contribution in [3.63, 3.8) is 0 Å². The van der Waals surface area contributed by atoms with Crippen molar-refractivity contribution >= 4 is 23.1 Å². The van der Waals surface area contributed by atoms with Crippen LogP contribution in [0.1, 0.15) is 86.5 Å². The van der Waals surface area contributed by atoms with Crippen molar-refractivity contribution in [3.05, 3.63) is 82.6 Å². The van der Waals surface area contributed by atoms with Crippen LogP contribution in [0.3, 0.4) is 0 Å². The summed E-state index contributed by atoms with van der Waals surface area (Å²) in [5, 5.41) is 10.2. The molecule has 2 heterocycles. The molecule has 8 heteroatoms. The van der Waals surface area contributed by atoms with Crippen molar-refractivity contribution in [1.29, 1.82) is 0 Å². The van der Waals surface area contributed by atoms with Gasteiger partial charge in [0.05, 0.1) is 12.5 Å². The van der Waals surface area contributed by atoms with E-state index in [4.69, 9.17) is 4.74 Å². The number of aliphatic carboxylic acids is 1. The number of ketones is 1. The average Bonchev–Trinajstić information content (AvgIpc) is 3.51. The third-order valence-electron chi connectivity index (χ3n) is 7.31. The van der Waals surface area contributed by atoms with E-state index in [9.17, 15) is 14.7 Å². The highest BCUT2D eigenvalue weighted by Crippen LogP contribution is 2.29. The monoisotopic (exact) mass is 599 g/mol. The van der Waals surface area contributed by atoms with Gasteiger partial charge in [0.25, 0.3) is 0 Å². The predicted octanol–water partition coefficient (Wildman–Crippen LogP) is 8.43. The van der Waals surface area contributed by atoms with Gasteiger partial charge in [-0.3, -0.25) is 9.59 Å². The predicted molar refractivity (Wildman–Crippen MR) is 172 cm³/mol. The number of benzene rings is 2. The number of ether oxygens (including phenoxy) is 1. The van der Waals surface area contributed by atoms with Crippen LogP contribution in [0.15, 0.2) is 67.1 Å². The second-order valence-corrected chi connectivity index (χ2v) is 13.0. The first-order chi connectivity index (χ1) is 20.6. The Morgan fingerprint density at radius 1 is 0.837 bits per heavy atom. The standard InChI is InChI=1S/C35H41N3O4S/c1-5-6-7-8-9-18-42-29-16-14-25(15-17-29)28-21-36-32(37-22-28)26-12-10-24(11-13-26)19-27(34(40)41)20-30(39)33-38-23-31(43-33)35(2,3)4/h10-17,21-23,27H,5-9,18-20H2,1-4H3,(H,40,41)/t27-/m1/s1. The summed E-state index contributed by atoms with van der Waals surface area (Å²) in [4.78, 5) is 39.2. The molecular weight excluding hydrogens is 558 g/mol. The number of rotatable bonds is 15. The minimum absolute atomic E-state index is 0.0924. The molecule has 0 radical (unpaired) electrons. The molecule has 4 aromatic rings. The third-order valence-corrected chi connectivity index (χ3v) is 8.78. The Morgan fingerprint density at radius 2 is 1.49 bits per heavy atom. The number of hydrogen-bond donors (Lipinski definition) is 1. The molecule has 0 bridgehead atoms. The van der Waals surface area contributed by atoms with Crippen LogP contribution < -0.4 is 4.74 Å². The lowest BCUT2D eigenvalue weighted by Gasteiger charge is -2.14. The third kappa shape index (κ3) is 9.29. The molecule has 0 spiro atoms. The van der Waals surface area contributed by atoms with Crippen molar-refractivity contribution in [1.82, 2.24) is 15.0 Å². The number of carboxylic acids is 1. The Kier molecular flexibility index (Phi) is 11.2. The second-order valence-electron chi connectivity index (χ2n) is 11.9. The fourth-order valence-corrected chi connectivity index (χ4v) is 5.57. The van der Waals surface area contributed by atoms with Gasteiger partial charge in [-0.2, -0.15) is 0 Å². The summed E-state index contributed by atoms with van der Waals surface area (Å²) in [6.07, 6.45) is 11.5. The minimum atomic E-state index is -0.994. The van der Waals surface area contributed by atoms with E-state index < -0.39 is 11.9 Å². The fourth-order valence-electron chi connectivity index (χ4n) is 4.65. The smallest absolute Gasteiger partial charge is 0.307 e. The summed E-state index contributed by atoms with van der Waals surface area (Å²) in [5.74, 6) is -0.617. The van der Waals surface area contributed by atoms with Crippen LogP contribution in [0.25, 0.3) is 22.5 Å². The zero-order valence-electron chi connectivity index (χ0n) is 25.5. The number of thiazole rings is 1. The number of aromatic nitrogens is 3. The van der Waals surface area contributed by atoms with Gasteiger partial charge in [0, 0.05) is 41.0 Å². The van der Waals surface area contributed by atoms with Gasteiger partial charge < -0.3 is 9.84 Å². The lowest BCUT2D eigenvalue weighted by Crippen LogP contribution is -2.20. The highest BCUT2D eigenvalue weighted by molar-refractivity contribution is 7.13. The molecule has 226 valence electrons. The number of nitrogens with zero attached hydrogens (tertiary/aromatic N) is 3.